The topological polar surface area (TPSA) is 79.5 Å². The van der Waals surface area contributed by atoms with Crippen LogP contribution >= 0.6 is 12.2 Å². The van der Waals surface area contributed by atoms with Gasteiger partial charge in [0.1, 0.15) is 0 Å². The Morgan fingerprint density at radius 1 is 1.03 bits per heavy atom. The van der Waals surface area contributed by atoms with Crippen molar-refractivity contribution in [1.82, 2.24) is 10.6 Å². The monoisotopic (exact) mass is 447 g/mol. The zero-order chi connectivity index (χ0) is 22.8. The minimum atomic E-state index is -0.345. The summed E-state index contributed by atoms with van der Waals surface area (Å²) in [6.07, 6.45) is 3.94. The summed E-state index contributed by atoms with van der Waals surface area (Å²) in [4.78, 5) is 24.5. The van der Waals surface area contributed by atoms with E-state index in [-0.39, 0.29) is 16.9 Å². The van der Waals surface area contributed by atoms with Gasteiger partial charge >= 0.3 is 0 Å². The van der Waals surface area contributed by atoms with E-state index in [2.05, 4.69) is 16.0 Å². The zero-order valence-corrected chi connectivity index (χ0v) is 18.6. The molecule has 0 aromatic heterocycles. The van der Waals surface area contributed by atoms with Crippen LogP contribution in [-0.4, -0.2) is 37.2 Å². The van der Waals surface area contributed by atoms with Gasteiger partial charge in [0, 0.05) is 37.6 Å². The number of amides is 2. The lowest BCUT2D eigenvalue weighted by Gasteiger charge is -2.10. The molecule has 2 amide bonds. The summed E-state index contributed by atoms with van der Waals surface area (Å²) in [5.41, 5.74) is 2.05. The van der Waals surface area contributed by atoms with Crippen LogP contribution in [0.4, 0.5) is 5.69 Å². The van der Waals surface area contributed by atoms with Crippen molar-refractivity contribution in [2.24, 2.45) is 0 Å². The number of rotatable bonds is 8. The fourth-order valence-electron chi connectivity index (χ4n) is 3.14. The van der Waals surface area contributed by atoms with Gasteiger partial charge in [-0.25, -0.2) is 0 Å². The molecule has 164 valence electrons. The predicted molar refractivity (Wildman–Crippen MR) is 133 cm³/mol. The van der Waals surface area contributed by atoms with Gasteiger partial charge in [-0.05, 0) is 59.2 Å². The second-order valence-electron chi connectivity index (χ2n) is 7.03. The first-order chi connectivity index (χ1) is 15.6. The summed E-state index contributed by atoms with van der Waals surface area (Å²) in [6, 6.07) is 20.8. The van der Waals surface area contributed by atoms with E-state index in [0.29, 0.717) is 24.4 Å². The number of carbonyl (C=O) groups excluding carboxylic acids is 2. The van der Waals surface area contributed by atoms with Crippen molar-refractivity contribution in [3.63, 3.8) is 0 Å². The van der Waals surface area contributed by atoms with E-state index in [9.17, 15) is 9.59 Å². The number of carbonyl (C=O) groups is 2. The second-order valence-corrected chi connectivity index (χ2v) is 7.44. The molecular weight excluding hydrogens is 422 g/mol. The highest BCUT2D eigenvalue weighted by molar-refractivity contribution is 7.80. The van der Waals surface area contributed by atoms with Crippen LogP contribution in [0.5, 0.6) is 0 Å². The van der Waals surface area contributed by atoms with Crippen LogP contribution in [0.3, 0.4) is 0 Å². The summed E-state index contributed by atoms with van der Waals surface area (Å²) < 4.78 is 4.97. The Morgan fingerprint density at radius 3 is 2.66 bits per heavy atom. The zero-order valence-electron chi connectivity index (χ0n) is 17.8. The molecule has 7 heteroatoms. The standard InChI is InChI=1S/C25H25N3O3S/c1-31-16-6-15-26-24(30)20-10-5-11-21(17-20)27-25(32)28-23(29)14-13-19-9-4-8-18-7-2-3-12-22(18)19/h2-5,7-14,17H,6,15-16H2,1H3,(H,26,30)(H2,27,28,29,32)/b14-13+. The minimum absolute atomic E-state index is 0.148. The van der Waals surface area contributed by atoms with E-state index in [0.717, 1.165) is 22.8 Å². The maximum atomic E-state index is 12.3. The molecule has 0 fully saturated rings. The van der Waals surface area contributed by atoms with Gasteiger partial charge in [-0.3, -0.25) is 14.9 Å². The highest BCUT2D eigenvalue weighted by Gasteiger charge is 2.07. The molecule has 0 bridgehead atoms. The summed E-state index contributed by atoms with van der Waals surface area (Å²) in [7, 11) is 1.62. The van der Waals surface area contributed by atoms with Crippen molar-refractivity contribution in [3.05, 3.63) is 83.9 Å². The number of hydrogen-bond donors (Lipinski definition) is 3. The minimum Gasteiger partial charge on any atom is -0.385 e. The Balaban J connectivity index is 1.55. The fourth-order valence-corrected chi connectivity index (χ4v) is 3.35. The van der Waals surface area contributed by atoms with Gasteiger partial charge in [-0.1, -0.05) is 48.5 Å². The van der Waals surface area contributed by atoms with Crippen molar-refractivity contribution in [1.29, 1.82) is 0 Å². The van der Waals surface area contributed by atoms with Crippen LogP contribution in [0, 0.1) is 0 Å². The van der Waals surface area contributed by atoms with Gasteiger partial charge in [0.25, 0.3) is 5.91 Å². The molecule has 32 heavy (non-hydrogen) atoms. The van der Waals surface area contributed by atoms with E-state index in [1.807, 2.05) is 42.5 Å². The Kier molecular flexibility index (Phi) is 8.48. The summed E-state index contributed by atoms with van der Waals surface area (Å²) in [5.74, 6) is -0.528. The van der Waals surface area contributed by atoms with Gasteiger partial charge in [-0.2, -0.15) is 0 Å². The maximum absolute atomic E-state index is 12.3. The molecule has 3 rings (SSSR count). The second kappa shape index (κ2) is 11.7. The van der Waals surface area contributed by atoms with Crippen LogP contribution < -0.4 is 16.0 Å². The molecule has 0 radical (unpaired) electrons. The number of benzene rings is 3. The molecule has 3 aromatic carbocycles. The molecule has 3 aromatic rings. The van der Waals surface area contributed by atoms with Crippen LogP contribution in [0.2, 0.25) is 0 Å². The quantitative estimate of drug-likeness (QED) is 0.275. The van der Waals surface area contributed by atoms with Gasteiger partial charge in [-0.15, -0.1) is 0 Å². The molecule has 0 heterocycles. The molecule has 3 N–H and O–H groups in total. The lowest BCUT2D eigenvalue weighted by atomic mass is 10.0. The van der Waals surface area contributed by atoms with Crippen molar-refractivity contribution >= 4 is 51.7 Å². The van der Waals surface area contributed by atoms with Crippen LogP contribution in [0.15, 0.2) is 72.8 Å². The van der Waals surface area contributed by atoms with Gasteiger partial charge < -0.3 is 15.4 Å². The molecule has 0 saturated heterocycles. The molecule has 0 atom stereocenters. The molecule has 0 aliphatic rings. The van der Waals surface area contributed by atoms with Crippen molar-refractivity contribution < 1.29 is 14.3 Å². The Hall–Kier alpha value is -3.55. The molecule has 0 aliphatic heterocycles. The van der Waals surface area contributed by atoms with Gasteiger partial charge in [0.05, 0.1) is 0 Å². The first kappa shape index (κ1) is 23.1. The van der Waals surface area contributed by atoms with Crippen LogP contribution in [0.1, 0.15) is 22.3 Å². The maximum Gasteiger partial charge on any atom is 0.251 e. The highest BCUT2D eigenvalue weighted by atomic mass is 32.1. The van der Waals surface area contributed by atoms with Crippen LogP contribution in [-0.2, 0) is 9.53 Å². The number of thiocarbonyl (C=S) groups is 1. The normalized spacial score (nSPS) is 10.8. The van der Waals surface area contributed by atoms with E-state index in [1.165, 1.54) is 6.08 Å². The fraction of sp³-hybridized carbons (Fsp3) is 0.160. The van der Waals surface area contributed by atoms with Crippen molar-refractivity contribution in [2.75, 3.05) is 25.6 Å². The lowest BCUT2D eigenvalue weighted by Crippen LogP contribution is -2.33. The largest absolute Gasteiger partial charge is 0.385 e. The number of hydrogen-bond acceptors (Lipinski definition) is 4. The molecule has 0 spiro atoms. The third-order valence-corrected chi connectivity index (χ3v) is 4.87. The summed E-state index contributed by atoms with van der Waals surface area (Å²) in [5, 5.41) is 10.7. The SMILES string of the molecule is COCCCNC(=O)c1cccc(NC(=S)NC(=O)/C=C/c2cccc3ccccc23)c1. The number of fused-ring (bicyclic) bond motifs is 1. The number of methoxy groups -OCH3 is 1. The van der Waals surface area contributed by atoms with Crippen molar-refractivity contribution in [2.45, 2.75) is 6.42 Å². The number of ether oxygens (including phenoxy) is 1. The third kappa shape index (κ3) is 6.73. The number of anilines is 1. The van der Waals surface area contributed by atoms with Crippen LogP contribution in [0.25, 0.3) is 16.8 Å². The summed E-state index contributed by atoms with van der Waals surface area (Å²) in [6.45, 7) is 1.12. The predicted octanol–water partition coefficient (Wildman–Crippen LogP) is 4.13. The molecule has 0 unspecified atom stereocenters. The smallest absolute Gasteiger partial charge is 0.251 e. The van der Waals surface area contributed by atoms with Gasteiger partial charge in [0.15, 0.2) is 5.11 Å². The average molecular weight is 448 g/mol. The van der Waals surface area contributed by atoms with E-state index >= 15 is 0 Å². The molecule has 0 aliphatic carbocycles. The average Bonchev–Trinajstić information content (AvgIpc) is 2.80. The van der Waals surface area contributed by atoms with E-state index < -0.39 is 0 Å². The lowest BCUT2D eigenvalue weighted by molar-refractivity contribution is -0.115. The highest BCUT2D eigenvalue weighted by Crippen LogP contribution is 2.19. The Morgan fingerprint density at radius 2 is 1.81 bits per heavy atom. The molecule has 6 nitrogen and oxygen atoms in total. The van der Waals surface area contributed by atoms with Gasteiger partial charge in [0.2, 0.25) is 5.91 Å². The third-order valence-electron chi connectivity index (χ3n) is 4.67. The summed E-state index contributed by atoms with van der Waals surface area (Å²) >= 11 is 5.24. The molecule has 0 saturated carbocycles. The van der Waals surface area contributed by atoms with E-state index in [4.69, 9.17) is 17.0 Å². The molecular formula is C25H25N3O3S. The Labute approximate surface area is 192 Å². The van der Waals surface area contributed by atoms with Crippen molar-refractivity contribution in [3.8, 4) is 0 Å². The Bertz CT molecular complexity index is 1140. The first-order valence-electron chi connectivity index (χ1n) is 10.2. The van der Waals surface area contributed by atoms with E-state index in [1.54, 1.807) is 37.5 Å². The number of nitrogens with one attached hydrogen (secondary N) is 3. The first-order valence-corrected chi connectivity index (χ1v) is 10.6.